The predicted octanol–water partition coefficient (Wildman–Crippen LogP) is 3.84. The monoisotopic (exact) mass is 382 g/mol. The van der Waals surface area contributed by atoms with E-state index in [-0.39, 0.29) is 11.7 Å². The summed E-state index contributed by atoms with van der Waals surface area (Å²) < 4.78 is 7.21. The molecule has 0 unspecified atom stereocenters. The van der Waals surface area contributed by atoms with Gasteiger partial charge in [0.05, 0.1) is 18.6 Å². The van der Waals surface area contributed by atoms with E-state index in [2.05, 4.69) is 15.5 Å². The van der Waals surface area contributed by atoms with Crippen molar-refractivity contribution in [1.29, 1.82) is 0 Å². The Hall–Kier alpha value is -2.80. The molecule has 3 rings (SSSR count). The van der Waals surface area contributed by atoms with Crippen molar-refractivity contribution in [1.82, 2.24) is 14.8 Å². The van der Waals surface area contributed by atoms with Gasteiger partial charge in [-0.05, 0) is 37.1 Å². The normalized spacial score (nSPS) is 10.7. The molecule has 0 spiro atoms. The van der Waals surface area contributed by atoms with Gasteiger partial charge in [0.25, 0.3) is 0 Å². The number of ether oxygens (including phenoxy) is 1. The van der Waals surface area contributed by atoms with Gasteiger partial charge in [0.1, 0.15) is 5.75 Å². The lowest BCUT2D eigenvalue weighted by atomic mass is 10.1. The van der Waals surface area contributed by atoms with E-state index in [4.69, 9.17) is 4.74 Å². The molecule has 3 aromatic rings. The van der Waals surface area contributed by atoms with Gasteiger partial charge in [-0.3, -0.25) is 4.79 Å². The van der Waals surface area contributed by atoms with Crippen LogP contribution in [0.2, 0.25) is 0 Å². The molecule has 2 aromatic carbocycles. The molecule has 0 atom stereocenters. The van der Waals surface area contributed by atoms with E-state index >= 15 is 0 Å². The molecule has 1 N–H and O–H groups in total. The van der Waals surface area contributed by atoms with Crippen LogP contribution in [0.1, 0.15) is 11.1 Å². The van der Waals surface area contributed by atoms with Crippen LogP contribution in [0.3, 0.4) is 0 Å². The molecule has 0 aliphatic carbocycles. The maximum absolute atomic E-state index is 12.4. The third-order valence-corrected chi connectivity index (χ3v) is 5.20. The highest BCUT2D eigenvalue weighted by atomic mass is 32.2. The Bertz CT molecular complexity index is 968. The molecule has 6 nitrogen and oxygen atoms in total. The smallest absolute Gasteiger partial charge is 0.234 e. The van der Waals surface area contributed by atoms with Gasteiger partial charge in [0, 0.05) is 12.6 Å². The second-order valence-corrected chi connectivity index (χ2v) is 7.16. The minimum atomic E-state index is -0.121. The minimum absolute atomic E-state index is 0.121. The SMILES string of the molecule is COc1ccc(C)cc1NC(=O)CSc1nnc(-c2ccccc2C)n1C. The van der Waals surface area contributed by atoms with Crippen LogP contribution in [-0.4, -0.2) is 33.5 Å². The van der Waals surface area contributed by atoms with Gasteiger partial charge in [-0.25, -0.2) is 0 Å². The van der Waals surface area contributed by atoms with Gasteiger partial charge in [0.15, 0.2) is 11.0 Å². The summed E-state index contributed by atoms with van der Waals surface area (Å²) in [5, 5.41) is 12.1. The number of rotatable bonds is 6. The van der Waals surface area contributed by atoms with Crippen molar-refractivity contribution in [3.05, 3.63) is 53.6 Å². The van der Waals surface area contributed by atoms with Crippen LogP contribution < -0.4 is 10.1 Å². The van der Waals surface area contributed by atoms with Crippen LogP contribution >= 0.6 is 11.8 Å². The Morgan fingerprint density at radius 2 is 1.96 bits per heavy atom. The second kappa shape index (κ2) is 8.26. The van der Waals surface area contributed by atoms with E-state index in [0.29, 0.717) is 16.6 Å². The number of thioether (sulfide) groups is 1. The number of nitrogens with zero attached hydrogens (tertiary/aromatic N) is 3. The first-order valence-electron chi connectivity index (χ1n) is 8.52. The molecule has 1 amide bonds. The Labute approximate surface area is 163 Å². The lowest BCUT2D eigenvalue weighted by molar-refractivity contribution is -0.113. The second-order valence-electron chi connectivity index (χ2n) is 6.22. The number of aryl methyl sites for hydroxylation is 2. The topological polar surface area (TPSA) is 69.0 Å². The fourth-order valence-electron chi connectivity index (χ4n) is 2.73. The summed E-state index contributed by atoms with van der Waals surface area (Å²) in [6, 6.07) is 13.7. The van der Waals surface area contributed by atoms with Crippen molar-refractivity contribution in [3.8, 4) is 17.1 Å². The minimum Gasteiger partial charge on any atom is -0.495 e. The fraction of sp³-hybridized carbons (Fsp3) is 0.250. The molecule has 7 heteroatoms. The molecule has 1 aromatic heterocycles. The third-order valence-electron chi connectivity index (χ3n) is 4.18. The predicted molar refractivity (Wildman–Crippen MR) is 108 cm³/mol. The molecular formula is C20H22N4O2S. The van der Waals surface area contributed by atoms with Gasteiger partial charge in [-0.15, -0.1) is 10.2 Å². The number of carbonyl (C=O) groups is 1. The maximum Gasteiger partial charge on any atom is 0.234 e. The third kappa shape index (κ3) is 4.31. The molecule has 0 saturated heterocycles. The van der Waals surface area contributed by atoms with E-state index in [0.717, 1.165) is 22.5 Å². The lowest BCUT2D eigenvalue weighted by Gasteiger charge is -2.11. The highest BCUT2D eigenvalue weighted by Crippen LogP contribution is 2.27. The Balaban J connectivity index is 1.68. The van der Waals surface area contributed by atoms with Crippen molar-refractivity contribution < 1.29 is 9.53 Å². The van der Waals surface area contributed by atoms with E-state index in [9.17, 15) is 4.79 Å². The molecule has 0 bridgehead atoms. The van der Waals surface area contributed by atoms with Gasteiger partial charge in [-0.2, -0.15) is 0 Å². The number of anilines is 1. The van der Waals surface area contributed by atoms with Crippen LogP contribution in [0.25, 0.3) is 11.4 Å². The lowest BCUT2D eigenvalue weighted by Crippen LogP contribution is -2.15. The van der Waals surface area contributed by atoms with E-state index in [1.54, 1.807) is 7.11 Å². The molecule has 140 valence electrons. The van der Waals surface area contributed by atoms with Crippen molar-refractivity contribution in [2.45, 2.75) is 19.0 Å². The fourth-order valence-corrected chi connectivity index (χ4v) is 3.45. The van der Waals surface area contributed by atoms with Crippen molar-refractivity contribution in [2.24, 2.45) is 7.05 Å². The summed E-state index contributed by atoms with van der Waals surface area (Å²) in [5.41, 5.74) is 3.89. The quantitative estimate of drug-likeness (QED) is 0.656. The summed E-state index contributed by atoms with van der Waals surface area (Å²) >= 11 is 1.35. The van der Waals surface area contributed by atoms with Gasteiger partial charge in [-0.1, -0.05) is 42.1 Å². The molecule has 0 fully saturated rings. The van der Waals surface area contributed by atoms with E-state index < -0.39 is 0 Å². The molecule has 0 aliphatic heterocycles. The highest BCUT2D eigenvalue weighted by Gasteiger charge is 2.15. The summed E-state index contributed by atoms with van der Waals surface area (Å²) in [7, 11) is 3.49. The number of nitrogens with one attached hydrogen (secondary N) is 1. The first-order valence-corrected chi connectivity index (χ1v) is 9.51. The molecule has 1 heterocycles. The summed E-state index contributed by atoms with van der Waals surface area (Å²) in [6.07, 6.45) is 0. The molecule has 0 radical (unpaired) electrons. The highest BCUT2D eigenvalue weighted by molar-refractivity contribution is 7.99. The number of hydrogen-bond acceptors (Lipinski definition) is 5. The number of benzene rings is 2. The first kappa shape index (κ1) is 19.0. The molecule has 0 aliphatic rings. The Kier molecular flexibility index (Phi) is 5.81. The maximum atomic E-state index is 12.4. The summed E-state index contributed by atoms with van der Waals surface area (Å²) in [4.78, 5) is 12.4. The number of aromatic nitrogens is 3. The zero-order valence-corrected chi connectivity index (χ0v) is 16.6. The molecule has 27 heavy (non-hydrogen) atoms. The largest absolute Gasteiger partial charge is 0.495 e. The van der Waals surface area contributed by atoms with Gasteiger partial charge >= 0.3 is 0 Å². The van der Waals surface area contributed by atoms with Crippen molar-refractivity contribution in [2.75, 3.05) is 18.2 Å². The van der Waals surface area contributed by atoms with Gasteiger partial charge in [0.2, 0.25) is 5.91 Å². The standard InChI is InChI=1S/C20H22N4O2S/c1-13-9-10-17(26-4)16(11-13)21-18(25)12-27-20-23-22-19(24(20)3)15-8-6-5-7-14(15)2/h5-11H,12H2,1-4H3,(H,21,25). The molecular weight excluding hydrogens is 360 g/mol. The number of hydrogen-bond donors (Lipinski definition) is 1. The number of amides is 1. The summed E-state index contributed by atoms with van der Waals surface area (Å²) in [6.45, 7) is 4.01. The van der Waals surface area contributed by atoms with E-state index in [1.807, 2.05) is 67.9 Å². The Morgan fingerprint density at radius 1 is 1.19 bits per heavy atom. The van der Waals surface area contributed by atoms with Crippen LogP contribution in [-0.2, 0) is 11.8 Å². The summed E-state index contributed by atoms with van der Waals surface area (Å²) in [5.74, 6) is 1.54. The van der Waals surface area contributed by atoms with Crippen LogP contribution in [0.4, 0.5) is 5.69 Å². The average Bonchev–Trinajstić information content (AvgIpc) is 3.01. The van der Waals surface area contributed by atoms with E-state index in [1.165, 1.54) is 11.8 Å². The van der Waals surface area contributed by atoms with Crippen LogP contribution in [0.5, 0.6) is 5.75 Å². The zero-order chi connectivity index (χ0) is 19.4. The zero-order valence-electron chi connectivity index (χ0n) is 15.8. The molecule has 0 saturated carbocycles. The number of carbonyl (C=O) groups excluding carboxylic acids is 1. The first-order chi connectivity index (χ1) is 13.0. The van der Waals surface area contributed by atoms with Crippen molar-refractivity contribution in [3.63, 3.8) is 0 Å². The Morgan fingerprint density at radius 3 is 2.70 bits per heavy atom. The van der Waals surface area contributed by atoms with Crippen LogP contribution in [0.15, 0.2) is 47.6 Å². The average molecular weight is 382 g/mol. The van der Waals surface area contributed by atoms with Crippen LogP contribution in [0, 0.1) is 13.8 Å². The van der Waals surface area contributed by atoms with Crippen molar-refractivity contribution >= 4 is 23.4 Å². The van der Waals surface area contributed by atoms with Gasteiger partial charge < -0.3 is 14.6 Å². The number of methoxy groups -OCH3 is 1.